The summed E-state index contributed by atoms with van der Waals surface area (Å²) in [7, 11) is 0. The minimum Gasteiger partial charge on any atom is -0.388 e. The summed E-state index contributed by atoms with van der Waals surface area (Å²) in [5.41, 5.74) is 1.09. The minimum atomic E-state index is -0.574. The van der Waals surface area contributed by atoms with Crippen LogP contribution < -0.4 is 0 Å². The van der Waals surface area contributed by atoms with Crippen molar-refractivity contribution < 1.29 is 14.3 Å². The Morgan fingerprint density at radius 3 is 2.54 bits per heavy atom. The Bertz CT molecular complexity index is 715. The number of piperidine rings is 1. The number of nitrogens with zero attached hydrogens (tertiary/aromatic N) is 2. The number of carbonyl (C=O) groups is 1. The van der Waals surface area contributed by atoms with Crippen molar-refractivity contribution in [3.05, 3.63) is 64.7 Å². The highest BCUT2D eigenvalue weighted by Gasteiger charge is 2.28. The van der Waals surface area contributed by atoms with E-state index in [0.29, 0.717) is 31.0 Å². The molecule has 1 amide bonds. The quantitative estimate of drug-likeness (QED) is 0.924. The summed E-state index contributed by atoms with van der Waals surface area (Å²) >= 11 is 5.87. The van der Waals surface area contributed by atoms with E-state index >= 15 is 0 Å². The number of halogens is 2. The molecule has 1 unspecified atom stereocenters. The van der Waals surface area contributed by atoms with Gasteiger partial charge in [0.2, 0.25) is 0 Å². The summed E-state index contributed by atoms with van der Waals surface area (Å²) in [6, 6.07) is 8.36. The molecule has 1 aliphatic heterocycles. The Kier molecular flexibility index (Phi) is 5.11. The number of aliphatic hydroxyl groups excluding tert-OH is 1. The van der Waals surface area contributed by atoms with Crippen molar-refractivity contribution in [2.45, 2.75) is 18.9 Å². The molecule has 4 nitrogen and oxygen atoms in total. The van der Waals surface area contributed by atoms with Crippen LogP contribution in [0.5, 0.6) is 0 Å². The Labute approximate surface area is 144 Å². The number of pyridine rings is 1. The number of hydrogen-bond acceptors (Lipinski definition) is 3. The Hall–Kier alpha value is -1.98. The zero-order chi connectivity index (χ0) is 17.1. The third kappa shape index (κ3) is 3.74. The van der Waals surface area contributed by atoms with Crippen LogP contribution in [0.4, 0.5) is 4.39 Å². The van der Waals surface area contributed by atoms with Crippen molar-refractivity contribution in [1.82, 2.24) is 9.88 Å². The van der Waals surface area contributed by atoms with Crippen molar-refractivity contribution in [1.29, 1.82) is 0 Å². The number of hydrogen-bond donors (Lipinski definition) is 1. The second kappa shape index (κ2) is 7.28. The molecule has 2 aromatic rings. The Morgan fingerprint density at radius 2 is 1.92 bits per heavy atom. The average Bonchev–Trinajstić information content (AvgIpc) is 2.61. The van der Waals surface area contributed by atoms with Gasteiger partial charge in [-0.15, -0.1) is 0 Å². The van der Waals surface area contributed by atoms with E-state index in [1.807, 2.05) is 12.1 Å². The molecule has 1 fully saturated rings. The van der Waals surface area contributed by atoms with Crippen LogP contribution in [0, 0.1) is 11.7 Å². The number of amides is 1. The lowest BCUT2D eigenvalue weighted by Crippen LogP contribution is -2.39. The number of rotatable bonds is 3. The second-order valence-corrected chi connectivity index (χ2v) is 6.45. The number of likely N-dealkylation sites (tertiary alicyclic amines) is 1. The zero-order valence-electron chi connectivity index (χ0n) is 13.0. The first-order chi connectivity index (χ1) is 11.5. The molecule has 1 N–H and O–H groups in total. The summed E-state index contributed by atoms with van der Waals surface area (Å²) in [6.45, 7) is 1.06. The molecule has 0 aliphatic carbocycles. The standard InChI is InChI=1S/C18H18ClFN2O2/c19-15-3-1-12(2-4-15)17(23)13-5-7-22(8-6-13)18(24)14-9-16(20)11-21-10-14/h1-4,9-11,13,17,23H,5-8H2. The molecular formula is C18H18ClFN2O2. The fourth-order valence-electron chi connectivity index (χ4n) is 3.06. The first kappa shape index (κ1) is 16.9. The van der Waals surface area contributed by atoms with Gasteiger partial charge in [-0.05, 0) is 42.5 Å². The molecule has 6 heteroatoms. The van der Waals surface area contributed by atoms with E-state index in [2.05, 4.69) is 4.98 Å². The highest BCUT2D eigenvalue weighted by molar-refractivity contribution is 6.30. The Balaban J connectivity index is 1.61. The Morgan fingerprint density at radius 1 is 1.25 bits per heavy atom. The van der Waals surface area contributed by atoms with E-state index < -0.39 is 11.9 Å². The molecule has 0 spiro atoms. The molecule has 1 saturated heterocycles. The van der Waals surface area contributed by atoms with Gasteiger partial charge in [-0.25, -0.2) is 4.39 Å². The average molecular weight is 349 g/mol. The van der Waals surface area contributed by atoms with Gasteiger partial charge in [0.1, 0.15) is 5.82 Å². The molecule has 0 saturated carbocycles. The van der Waals surface area contributed by atoms with Gasteiger partial charge in [0.15, 0.2) is 0 Å². The summed E-state index contributed by atoms with van der Waals surface area (Å²) in [5, 5.41) is 11.1. The topological polar surface area (TPSA) is 53.4 Å². The van der Waals surface area contributed by atoms with Crippen LogP contribution in [0.15, 0.2) is 42.7 Å². The van der Waals surface area contributed by atoms with Gasteiger partial charge in [0.05, 0.1) is 17.9 Å². The van der Waals surface area contributed by atoms with E-state index in [1.165, 1.54) is 12.3 Å². The van der Waals surface area contributed by atoms with Crippen LogP contribution in [0.3, 0.4) is 0 Å². The second-order valence-electron chi connectivity index (χ2n) is 6.02. The van der Waals surface area contributed by atoms with Gasteiger partial charge >= 0.3 is 0 Å². The van der Waals surface area contributed by atoms with Crippen LogP contribution in [0.25, 0.3) is 0 Å². The van der Waals surface area contributed by atoms with Crippen molar-refractivity contribution >= 4 is 17.5 Å². The lowest BCUT2D eigenvalue weighted by atomic mass is 9.87. The fourth-order valence-corrected chi connectivity index (χ4v) is 3.19. The summed E-state index contributed by atoms with van der Waals surface area (Å²) in [5.74, 6) is -0.656. The molecule has 0 bridgehead atoms. The third-order valence-corrected chi connectivity index (χ3v) is 4.69. The third-order valence-electron chi connectivity index (χ3n) is 4.44. The van der Waals surface area contributed by atoms with Gasteiger partial charge in [-0.3, -0.25) is 9.78 Å². The summed E-state index contributed by atoms with van der Waals surface area (Å²) < 4.78 is 13.2. The maximum absolute atomic E-state index is 13.2. The molecule has 24 heavy (non-hydrogen) atoms. The molecule has 2 heterocycles. The maximum atomic E-state index is 13.2. The highest BCUT2D eigenvalue weighted by atomic mass is 35.5. The fraction of sp³-hybridized carbons (Fsp3) is 0.333. The molecular weight excluding hydrogens is 331 g/mol. The van der Waals surface area contributed by atoms with E-state index in [0.717, 1.165) is 11.8 Å². The molecule has 1 aromatic carbocycles. The van der Waals surface area contributed by atoms with Crippen LogP contribution in [-0.2, 0) is 0 Å². The number of carbonyl (C=O) groups excluding carboxylic acids is 1. The van der Waals surface area contributed by atoms with Crippen molar-refractivity contribution in [3.8, 4) is 0 Å². The number of benzene rings is 1. The van der Waals surface area contributed by atoms with E-state index in [1.54, 1.807) is 17.0 Å². The molecule has 1 aliphatic rings. The number of aromatic nitrogens is 1. The zero-order valence-corrected chi connectivity index (χ0v) is 13.8. The van der Waals surface area contributed by atoms with E-state index in [4.69, 9.17) is 11.6 Å². The smallest absolute Gasteiger partial charge is 0.255 e. The first-order valence-corrected chi connectivity index (χ1v) is 8.26. The molecule has 3 rings (SSSR count). The summed E-state index contributed by atoms with van der Waals surface area (Å²) in [6.07, 6.45) is 3.26. The predicted molar refractivity (Wildman–Crippen MR) is 89.2 cm³/mol. The maximum Gasteiger partial charge on any atom is 0.255 e. The summed E-state index contributed by atoms with van der Waals surface area (Å²) in [4.78, 5) is 17.8. The number of aliphatic hydroxyl groups is 1. The molecule has 126 valence electrons. The van der Waals surface area contributed by atoms with E-state index in [-0.39, 0.29) is 17.4 Å². The predicted octanol–water partition coefficient (Wildman–Crippen LogP) is 3.46. The van der Waals surface area contributed by atoms with Gasteiger partial charge < -0.3 is 10.0 Å². The first-order valence-electron chi connectivity index (χ1n) is 7.88. The lowest BCUT2D eigenvalue weighted by Gasteiger charge is -2.34. The monoisotopic (exact) mass is 348 g/mol. The van der Waals surface area contributed by atoms with Gasteiger partial charge in [-0.1, -0.05) is 23.7 Å². The minimum absolute atomic E-state index is 0.0841. The highest BCUT2D eigenvalue weighted by Crippen LogP contribution is 2.31. The van der Waals surface area contributed by atoms with Crippen molar-refractivity contribution in [3.63, 3.8) is 0 Å². The van der Waals surface area contributed by atoms with Crippen molar-refractivity contribution in [2.24, 2.45) is 5.92 Å². The lowest BCUT2D eigenvalue weighted by molar-refractivity contribution is 0.0462. The van der Waals surface area contributed by atoms with E-state index in [9.17, 15) is 14.3 Å². The van der Waals surface area contributed by atoms with Crippen LogP contribution in [-0.4, -0.2) is 34.0 Å². The largest absolute Gasteiger partial charge is 0.388 e. The van der Waals surface area contributed by atoms with Gasteiger partial charge in [0, 0.05) is 24.3 Å². The van der Waals surface area contributed by atoms with Crippen LogP contribution >= 0.6 is 11.6 Å². The van der Waals surface area contributed by atoms with Crippen molar-refractivity contribution in [2.75, 3.05) is 13.1 Å². The SMILES string of the molecule is O=C(c1cncc(F)c1)N1CCC(C(O)c2ccc(Cl)cc2)CC1. The van der Waals surface area contributed by atoms with Gasteiger partial charge in [0.25, 0.3) is 5.91 Å². The van der Waals surface area contributed by atoms with Crippen LogP contribution in [0.2, 0.25) is 5.02 Å². The van der Waals surface area contributed by atoms with Gasteiger partial charge in [-0.2, -0.15) is 0 Å². The normalized spacial score (nSPS) is 16.9. The molecule has 1 aromatic heterocycles. The van der Waals surface area contributed by atoms with Crippen LogP contribution in [0.1, 0.15) is 34.9 Å². The molecule has 0 radical (unpaired) electrons. The molecule has 1 atom stereocenters.